The van der Waals surface area contributed by atoms with Gasteiger partial charge in [0.05, 0.1) is 12.3 Å². The number of aliphatic carboxylic acids is 2. The summed E-state index contributed by atoms with van der Waals surface area (Å²) in [7, 11) is 0. The number of carboxylic acids is 2. The first-order valence-corrected chi connectivity index (χ1v) is 6.44. The Morgan fingerprint density at radius 3 is 2.18 bits per heavy atom. The summed E-state index contributed by atoms with van der Waals surface area (Å²) in [5, 5.41) is 18.1. The zero-order valence-corrected chi connectivity index (χ0v) is 10.4. The summed E-state index contributed by atoms with van der Waals surface area (Å²) in [6.07, 6.45) is 6.16. The Morgan fingerprint density at radius 1 is 1.18 bits per heavy atom. The highest BCUT2D eigenvalue weighted by Crippen LogP contribution is 2.44. The van der Waals surface area contributed by atoms with Crippen molar-refractivity contribution < 1.29 is 19.8 Å². The Hall–Kier alpha value is -1.06. The van der Waals surface area contributed by atoms with Crippen LogP contribution in [0.5, 0.6) is 0 Å². The summed E-state index contributed by atoms with van der Waals surface area (Å²) in [6, 6.07) is 0. The number of carboxylic acid groups (broad SMARTS) is 2. The Kier molecular flexibility index (Phi) is 4.97. The lowest BCUT2D eigenvalue weighted by atomic mass is 9.67. The molecule has 2 N–H and O–H groups in total. The van der Waals surface area contributed by atoms with Gasteiger partial charge in [-0.3, -0.25) is 9.59 Å². The van der Waals surface area contributed by atoms with Crippen molar-refractivity contribution in [2.75, 3.05) is 0 Å². The van der Waals surface area contributed by atoms with Gasteiger partial charge in [0, 0.05) is 0 Å². The summed E-state index contributed by atoms with van der Waals surface area (Å²) >= 11 is 0. The third-order valence-corrected chi connectivity index (χ3v) is 3.96. The quantitative estimate of drug-likeness (QED) is 0.751. The van der Waals surface area contributed by atoms with Crippen molar-refractivity contribution in [2.24, 2.45) is 11.3 Å². The smallest absolute Gasteiger partial charge is 0.306 e. The van der Waals surface area contributed by atoms with E-state index in [2.05, 4.69) is 0 Å². The summed E-state index contributed by atoms with van der Waals surface area (Å²) in [5.74, 6) is -1.98. The molecule has 98 valence electrons. The fourth-order valence-corrected chi connectivity index (χ4v) is 3.00. The lowest BCUT2D eigenvalue weighted by Crippen LogP contribution is -2.32. The minimum atomic E-state index is -0.799. The van der Waals surface area contributed by atoms with Crippen LogP contribution >= 0.6 is 0 Å². The highest BCUT2D eigenvalue weighted by molar-refractivity contribution is 5.71. The highest BCUT2D eigenvalue weighted by Gasteiger charge is 2.37. The number of hydrogen-bond acceptors (Lipinski definition) is 2. The van der Waals surface area contributed by atoms with Crippen LogP contribution in [0.1, 0.15) is 58.3 Å². The van der Waals surface area contributed by atoms with Crippen LogP contribution in [0.15, 0.2) is 0 Å². The summed E-state index contributed by atoms with van der Waals surface area (Å²) in [6.45, 7) is 1.86. The van der Waals surface area contributed by atoms with E-state index >= 15 is 0 Å². The minimum absolute atomic E-state index is 0.122. The van der Waals surface area contributed by atoms with Crippen LogP contribution in [0.25, 0.3) is 0 Å². The van der Waals surface area contributed by atoms with Crippen LogP contribution in [0.2, 0.25) is 0 Å². The van der Waals surface area contributed by atoms with Crippen molar-refractivity contribution in [3.8, 4) is 0 Å². The molecule has 1 fully saturated rings. The van der Waals surface area contributed by atoms with Gasteiger partial charge in [-0.2, -0.15) is 0 Å². The second-order valence-electron chi connectivity index (χ2n) is 5.28. The maximum Gasteiger partial charge on any atom is 0.306 e. The van der Waals surface area contributed by atoms with Crippen LogP contribution in [-0.2, 0) is 9.59 Å². The van der Waals surface area contributed by atoms with Gasteiger partial charge in [0.2, 0.25) is 0 Å². The molecule has 1 aliphatic carbocycles. The topological polar surface area (TPSA) is 74.6 Å². The van der Waals surface area contributed by atoms with Gasteiger partial charge in [-0.05, 0) is 31.1 Å². The van der Waals surface area contributed by atoms with Gasteiger partial charge in [0.1, 0.15) is 0 Å². The van der Waals surface area contributed by atoms with Gasteiger partial charge in [0.25, 0.3) is 0 Å². The molecule has 1 unspecified atom stereocenters. The lowest BCUT2D eigenvalue weighted by Gasteiger charge is -2.37. The molecule has 1 aliphatic rings. The van der Waals surface area contributed by atoms with E-state index in [0.717, 1.165) is 32.1 Å². The fraction of sp³-hybridized carbons (Fsp3) is 0.846. The molecule has 0 spiro atoms. The molecule has 1 saturated carbocycles. The summed E-state index contributed by atoms with van der Waals surface area (Å²) in [5.41, 5.74) is -0.275. The van der Waals surface area contributed by atoms with Crippen LogP contribution in [-0.4, -0.2) is 22.2 Å². The van der Waals surface area contributed by atoms with Gasteiger partial charge in [0.15, 0.2) is 0 Å². The Balaban J connectivity index is 2.74. The predicted molar refractivity (Wildman–Crippen MR) is 63.8 cm³/mol. The van der Waals surface area contributed by atoms with Crippen LogP contribution in [0, 0.1) is 11.3 Å². The number of carbonyl (C=O) groups is 2. The first-order chi connectivity index (χ1) is 7.99. The first-order valence-electron chi connectivity index (χ1n) is 6.44. The normalized spacial score (nSPS) is 20.8. The number of rotatable bonds is 6. The van der Waals surface area contributed by atoms with Crippen molar-refractivity contribution in [3.05, 3.63) is 0 Å². The molecule has 17 heavy (non-hydrogen) atoms. The van der Waals surface area contributed by atoms with E-state index in [9.17, 15) is 9.59 Å². The maximum atomic E-state index is 11.1. The van der Waals surface area contributed by atoms with Crippen LogP contribution in [0.4, 0.5) is 0 Å². The fourth-order valence-electron chi connectivity index (χ4n) is 3.00. The first kappa shape index (κ1) is 14.0. The second kappa shape index (κ2) is 6.03. The second-order valence-corrected chi connectivity index (χ2v) is 5.28. The van der Waals surface area contributed by atoms with E-state index in [-0.39, 0.29) is 11.8 Å². The van der Waals surface area contributed by atoms with Gasteiger partial charge in [-0.25, -0.2) is 0 Å². The van der Waals surface area contributed by atoms with Crippen molar-refractivity contribution >= 4 is 11.9 Å². The Morgan fingerprint density at radius 2 is 1.76 bits per heavy atom. The Bertz CT molecular complexity index is 279. The average molecular weight is 242 g/mol. The van der Waals surface area contributed by atoms with Crippen molar-refractivity contribution in [2.45, 2.75) is 58.3 Å². The highest BCUT2D eigenvalue weighted by atomic mass is 16.4. The SMILES string of the molecule is CCC(CC1(CC(=O)O)CCCCC1)C(=O)O. The predicted octanol–water partition coefficient (Wildman–Crippen LogP) is 2.91. The average Bonchev–Trinajstić information content (AvgIpc) is 2.26. The number of hydrogen-bond donors (Lipinski definition) is 2. The molecule has 0 bridgehead atoms. The van der Waals surface area contributed by atoms with Crippen LogP contribution in [0.3, 0.4) is 0 Å². The van der Waals surface area contributed by atoms with Gasteiger partial charge in [-0.15, -0.1) is 0 Å². The molecule has 0 aromatic rings. The molecule has 0 aromatic carbocycles. The molecule has 0 amide bonds. The monoisotopic (exact) mass is 242 g/mol. The van der Waals surface area contributed by atoms with Gasteiger partial charge < -0.3 is 10.2 Å². The van der Waals surface area contributed by atoms with E-state index < -0.39 is 17.9 Å². The maximum absolute atomic E-state index is 11.1. The molecule has 0 heterocycles. The van der Waals surface area contributed by atoms with E-state index in [0.29, 0.717) is 12.8 Å². The summed E-state index contributed by atoms with van der Waals surface area (Å²) in [4.78, 5) is 22.0. The molecule has 4 heteroatoms. The van der Waals surface area contributed by atoms with Crippen molar-refractivity contribution in [1.29, 1.82) is 0 Å². The van der Waals surface area contributed by atoms with E-state index in [1.807, 2.05) is 6.92 Å². The molecule has 1 rings (SSSR count). The zero-order chi connectivity index (χ0) is 12.9. The van der Waals surface area contributed by atoms with E-state index in [4.69, 9.17) is 10.2 Å². The van der Waals surface area contributed by atoms with Gasteiger partial charge in [-0.1, -0.05) is 26.2 Å². The molecule has 0 saturated heterocycles. The van der Waals surface area contributed by atoms with E-state index in [1.165, 1.54) is 0 Å². The molecular formula is C13H22O4. The standard InChI is InChI=1S/C13H22O4/c1-2-10(12(16)17)8-13(9-11(14)15)6-4-3-5-7-13/h10H,2-9H2,1H3,(H,14,15)(H,16,17). The Labute approximate surface area is 102 Å². The largest absolute Gasteiger partial charge is 0.481 e. The molecule has 0 aliphatic heterocycles. The van der Waals surface area contributed by atoms with Gasteiger partial charge >= 0.3 is 11.9 Å². The van der Waals surface area contributed by atoms with Crippen LogP contribution < -0.4 is 0 Å². The molecular weight excluding hydrogens is 220 g/mol. The molecule has 1 atom stereocenters. The summed E-state index contributed by atoms with van der Waals surface area (Å²) < 4.78 is 0. The minimum Gasteiger partial charge on any atom is -0.481 e. The van der Waals surface area contributed by atoms with E-state index in [1.54, 1.807) is 0 Å². The third-order valence-electron chi connectivity index (χ3n) is 3.96. The zero-order valence-electron chi connectivity index (χ0n) is 10.4. The third kappa shape index (κ3) is 4.02. The lowest BCUT2D eigenvalue weighted by molar-refractivity contribution is -0.146. The molecule has 4 nitrogen and oxygen atoms in total. The van der Waals surface area contributed by atoms with Crippen molar-refractivity contribution in [1.82, 2.24) is 0 Å². The molecule has 0 radical (unpaired) electrons. The van der Waals surface area contributed by atoms with Crippen molar-refractivity contribution in [3.63, 3.8) is 0 Å². The molecule has 0 aromatic heterocycles.